The van der Waals surface area contributed by atoms with Crippen molar-refractivity contribution in [3.05, 3.63) is 23.2 Å². The zero-order valence-electron chi connectivity index (χ0n) is 14.3. The molecular weight excluding hydrogens is 316 g/mol. The number of hydrogen-bond acceptors (Lipinski definition) is 5. The molecule has 0 atom stereocenters. The van der Waals surface area contributed by atoms with E-state index in [0.717, 1.165) is 25.1 Å². The third kappa shape index (κ3) is 5.62. The molecule has 0 spiro atoms. The van der Waals surface area contributed by atoms with Gasteiger partial charge in [-0.05, 0) is 58.3 Å². The van der Waals surface area contributed by atoms with Gasteiger partial charge in [0.05, 0.1) is 5.69 Å². The highest BCUT2D eigenvalue weighted by atomic mass is 35.5. The zero-order chi connectivity index (χ0) is 17.0. The van der Waals surface area contributed by atoms with Crippen LogP contribution in [0, 0.1) is 0 Å². The predicted octanol–water partition coefficient (Wildman–Crippen LogP) is 2.96. The number of piperidine rings is 1. The molecule has 0 bridgehead atoms. The van der Waals surface area contributed by atoms with E-state index in [2.05, 4.69) is 21.9 Å². The second-order valence-electron chi connectivity index (χ2n) is 6.93. The molecule has 1 aliphatic heterocycles. The number of amides is 1. The standard InChI is InChI=1S/C16H25ClN4O2/c1-16(2,3)23-15(22)21-9-6-13(7-10-21)20(4)11-12-5-8-18-14(17)19-12/h5,8,13H,6-7,9-11H2,1-4H3. The maximum absolute atomic E-state index is 12.1. The monoisotopic (exact) mass is 340 g/mol. The van der Waals surface area contributed by atoms with Gasteiger partial charge in [-0.3, -0.25) is 4.90 Å². The summed E-state index contributed by atoms with van der Waals surface area (Å²) in [7, 11) is 2.07. The third-order valence-electron chi connectivity index (χ3n) is 3.83. The fourth-order valence-electron chi connectivity index (χ4n) is 2.66. The van der Waals surface area contributed by atoms with Gasteiger partial charge in [0.25, 0.3) is 0 Å². The topological polar surface area (TPSA) is 58.6 Å². The van der Waals surface area contributed by atoms with E-state index in [1.54, 1.807) is 11.1 Å². The molecule has 6 nitrogen and oxygen atoms in total. The van der Waals surface area contributed by atoms with E-state index >= 15 is 0 Å². The molecule has 0 N–H and O–H groups in total. The van der Waals surface area contributed by atoms with Crippen LogP contribution in [0.2, 0.25) is 5.28 Å². The molecule has 0 unspecified atom stereocenters. The normalized spacial score (nSPS) is 16.7. The number of ether oxygens (including phenoxy) is 1. The highest BCUT2D eigenvalue weighted by molar-refractivity contribution is 6.28. The predicted molar refractivity (Wildman–Crippen MR) is 89.3 cm³/mol. The molecule has 0 radical (unpaired) electrons. The summed E-state index contributed by atoms with van der Waals surface area (Å²) in [6.45, 7) is 7.82. The van der Waals surface area contributed by atoms with E-state index in [0.29, 0.717) is 19.1 Å². The first-order chi connectivity index (χ1) is 10.7. The van der Waals surface area contributed by atoms with Crippen molar-refractivity contribution in [2.75, 3.05) is 20.1 Å². The van der Waals surface area contributed by atoms with Gasteiger partial charge in [-0.1, -0.05) is 0 Å². The van der Waals surface area contributed by atoms with E-state index in [1.165, 1.54) is 0 Å². The summed E-state index contributed by atoms with van der Waals surface area (Å²) in [4.78, 5) is 24.2. The van der Waals surface area contributed by atoms with Gasteiger partial charge in [-0.15, -0.1) is 0 Å². The lowest BCUT2D eigenvalue weighted by Crippen LogP contribution is -2.46. The van der Waals surface area contributed by atoms with Crippen LogP contribution in [-0.4, -0.2) is 57.6 Å². The van der Waals surface area contributed by atoms with Gasteiger partial charge in [-0.25, -0.2) is 14.8 Å². The molecule has 1 amide bonds. The fourth-order valence-corrected chi connectivity index (χ4v) is 2.82. The van der Waals surface area contributed by atoms with Crippen LogP contribution in [0.1, 0.15) is 39.3 Å². The van der Waals surface area contributed by atoms with E-state index < -0.39 is 5.60 Å². The molecule has 23 heavy (non-hydrogen) atoms. The number of halogens is 1. The SMILES string of the molecule is CN(Cc1ccnc(Cl)n1)C1CCN(C(=O)OC(C)(C)C)CC1. The lowest BCUT2D eigenvalue weighted by atomic mass is 10.0. The van der Waals surface area contributed by atoms with Crippen LogP contribution in [0.5, 0.6) is 0 Å². The summed E-state index contributed by atoms with van der Waals surface area (Å²) in [6.07, 6.45) is 3.30. The van der Waals surface area contributed by atoms with Crippen molar-refractivity contribution in [2.24, 2.45) is 0 Å². The van der Waals surface area contributed by atoms with E-state index in [1.807, 2.05) is 26.8 Å². The van der Waals surface area contributed by atoms with Crippen LogP contribution in [0.4, 0.5) is 4.79 Å². The molecule has 1 aromatic heterocycles. The minimum atomic E-state index is -0.447. The lowest BCUT2D eigenvalue weighted by molar-refractivity contribution is 0.0152. The first kappa shape index (κ1) is 17.9. The quantitative estimate of drug-likeness (QED) is 0.792. The van der Waals surface area contributed by atoms with Crippen molar-refractivity contribution < 1.29 is 9.53 Å². The van der Waals surface area contributed by atoms with E-state index in [9.17, 15) is 4.79 Å². The molecule has 1 fully saturated rings. The summed E-state index contributed by atoms with van der Waals surface area (Å²) in [6, 6.07) is 2.29. The Morgan fingerprint density at radius 2 is 2.09 bits per heavy atom. The Kier molecular flexibility index (Phi) is 5.81. The van der Waals surface area contributed by atoms with Crippen molar-refractivity contribution in [3.63, 3.8) is 0 Å². The van der Waals surface area contributed by atoms with Gasteiger partial charge >= 0.3 is 6.09 Å². The summed E-state index contributed by atoms with van der Waals surface area (Å²) in [5, 5.41) is 0.274. The molecule has 7 heteroatoms. The van der Waals surface area contributed by atoms with Gasteiger partial charge in [0.1, 0.15) is 5.60 Å². The highest BCUT2D eigenvalue weighted by Crippen LogP contribution is 2.19. The summed E-state index contributed by atoms with van der Waals surface area (Å²) in [5.41, 5.74) is 0.457. The van der Waals surface area contributed by atoms with Crippen molar-refractivity contribution in [1.29, 1.82) is 0 Å². The molecule has 0 aromatic carbocycles. The Bertz CT molecular complexity index is 539. The Balaban J connectivity index is 1.83. The van der Waals surface area contributed by atoms with Gasteiger partial charge in [0.15, 0.2) is 0 Å². The Morgan fingerprint density at radius 3 is 2.65 bits per heavy atom. The Hall–Kier alpha value is -1.40. The van der Waals surface area contributed by atoms with Gasteiger partial charge in [-0.2, -0.15) is 0 Å². The van der Waals surface area contributed by atoms with Crippen LogP contribution in [-0.2, 0) is 11.3 Å². The van der Waals surface area contributed by atoms with Crippen molar-refractivity contribution >= 4 is 17.7 Å². The minimum absolute atomic E-state index is 0.221. The highest BCUT2D eigenvalue weighted by Gasteiger charge is 2.28. The summed E-state index contributed by atoms with van der Waals surface area (Å²) < 4.78 is 5.42. The van der Waals surface area contributed by atoms with Crippen LogP contribution in [0.25, 0.3) is 0 Å². The molecule has 1 aromatic rings. The number of nitrogens with zero attached hydrogens (tertiary/aromatic N) is 4. The minimum Gasteiger partial charge on any atom is -0.444 e. The van der Waals surface area contributed by atoms with Gasteiger partial charge in [0, 0.05) is 31.9 Å². The van der Waals surface area contributed by atoms with Crippen molar-refractivity contribution in [2.45, 2.75) is 51.8 Å². The van der Waals surface area contributed by atoms with Gasteiger partial charge in [0.2, 0.25) is 5.28 Å². The van der Waals surface area contributed by atoms with Crippen LogP contribution < -0.4 is 0 Å². The van der Waals surface area contributed by atoms with Crippen molar-refractivity contribution in [3.8, 4) is 0 Å². The lowest BCUT2D eigenvalue weighted by Gasteiger charge is -2.37. The molecule has 1 saturated heterocycles. The molecule has 2 rings (SSSR count). The maximum Gasteiger partial charge on any atom is 0.410 e. The largest absolute Gasteiger partial charge is 0.444 e. The fraction of sp³-hybridized carbons (Fsp3) is 0.688. The van der Waals surface area contributed by atoms with Crippen LogP contribution in [0.3, 0.4) is 0 Å². The first-order valence-electron chi connectivity index (χ1n) is 7.90. The van der Waals surface area contributed by atoms with Gasteiger partial charge < -0.3 is 9.64 Å². The molecule has 0 saturated carbocycles. The second kappa shape index (κ2) is 7.45. The number of carbonyl (C=O) groups excluding carboxylic acids is 1. The van der Waals surface area contributed by atoms with Crippen LogP contribution >= 0.6 is 11.6 Å². The van der Waals surface area contributed by atoms with Crippen molar-refractivity contribution in [1.82, 2.24) is 19.8 Å². The Labute approximate surface area is 142 Å². The number of carbonyl (C=O) groups is 1. The average molecular weight is 341 g/mol. The smallest absolute Gasteiger partial charge is 0.410 e. The van der Waals surface area contributed by atoms with E-state index in [4.69, 9.17) is 16.3 Å². The molecule has 1 aliphatic rings. The third-order valence-corrected chi connectivity index (χ3v) is 4.02. The molecule has 2 heterocycles. The molecule has 0 aliphatic carbocycles. The number of hydrogen-bond donors (Lipinski definition) is 0. The molecule has 128 valence electrons. The second-order valence-corrected chi connectivity index (χ2v) is 7.27. The van der Waals surface area contributed by atoms with Crippen LogP contribution in [0.15, 0.2) is 12.3 Å². The number of rotatable bonds is 3. The number of likely N-dealkylation sites (tertiary alicyclic amines) is 1. The Morgan fingerprint density at radius 1 is 1.43 bits per heavy atom. The number of aromatic nitrogens is 2. The van der Waals surface area contributed by atoms with E-state index in [-0.39, 0.29) is 11.4 Å². The average Bonchev–Trinajstić information content (AvgIpc) is 2.45. The molecular formula is C16H25ClN4O2. The maximum atomic E-state index is 12.1. The summed E-state index contributed by atoms with van der Waals surface area (Å²) in [5.74, 6) is 0. The zero-order valence-corrected chi connectivity index (χ0v) is 15.0. The summed E-state index contributed by atoms with van der Waals surface area (Å²) >= 11 is 5.82. The first-order valence-corrected chi connectivity index (χ1v) is 8.28.